The van der Waals surface area contributed by atoms with Crippen molar-refractivity contribution in [1.82, 2.24) is 0 Å². The largest absolute Gasteiger partial charge is 0.381 e. The van der Waals surface area contributed by atoms with Crippen molar-refractivity contribution in [3.8, 4) is 0 Å². The zero-order chi connectivity index (χ0) is 24.2. The first kappa shape index (κ1) is 24.1. The van der Waals surface area contributed by atoms with Gasteiger partial charge in [-0.2, -0.15) is 0 Å². The van der Waals surface area contributed by atoms with Gasteiger partial charge in [-0.15, -0.1) is 0 Å². The highest BCUT2D eigenvalue weighted by atomic mass is 16.5. The number of hydrogen-bond donors (Lipinski definition) is 0. The lowest BCUT2D eigenvalue weighted by Gasteiger charge is -2.68. The molecule has 0 aromatic heterocycles. The standard InChI is InChI=1S/C31H50O2/c1-19(2)20-10-13-24-29(20,6)16-17-30(7)21-11-12-23-27(3,4)26(33-9)14-15-28(23,5)22(21)18-25(32)31(24,30)8/h18-21,23-24,26H,10-17H2,1-9H3/t20-,21+,23-,24+,26+,28-,29-,30-,31+/m1/s1. The molecule has 2 nitrogen and oxygen atoms in total. The number of ketones is 1. The van der Waals surface area contributed by atoms with Crippen LogP contribution in [0.5, 0.6) is 0 Å². The molecule has 0 amide bonds. The van der Waals surface area contributed by atoms with Gasteiger partial charge in [0.2, 0.25) is 0 Å². The molecule has 4 fully saturated rings. The third-order valence-corrected chi connectivity index (χ3v) is 13.3. The summed E-state index contributed by atoms with van der Waals surface area (Å²) in [6.45, 7) is 19.7. The number of fused-ring (bicyclic) bond motifs is 7. The predicted molar refractivity (Wildman–Crippen MR) is 136 cm³/mol. The molecular formula is C31H50O2. The number of ether oxygens (including phenoxy) is 1. The molecule has 0 spiro atoms. The molecule has 4 saturated carbocycles. The van der Waals surface area contributed by atoms with E-state index in [4.69, 9.17) is 4.74 Å². The van der Waals surface area contributed by atoms with Crippen molar-refractivity contribution in [1.29, 1.82) is 0 Å². The minimum atomic E-state index is -0.208. The smallest absolute Gasteiger partial charge is 0.162 e. The number of allylic oxidation sites excluding steroid dienone is 2. The van der Waals surface area contributed by atoms with E-state index in [2.05, 4.69) is 61.5 Å². The van der Waals surface area contributed by atoms with Gasteiger partial charge < -0.3 is 4.74 Å². The van der Waals surface area contributed by atoms with Crippen molar-refractivity contribution >= 4 is 5.78 Å². The maximum Gasteiger partial charge on any atom is 0.162 e. The molecular weight excluding hydrogens is 404 g/mol. The van der Waals surface area contributed by atoms with Crippen LogP contribution in [0.15, 0.2) is 11.6 Å². The minimum absolute atomic E-state index is 0.0977. The summed E-state index contributed by atoms with van der Waals surface area (Å²) in [5.41, 5.74) is 2.04. The highest BCUT2D eigenvalue weighted by molar-refractivity contribution is 5.98. The Morgan fingerprint density at radius 2 is 1.55 bits per heavy atom. The van der Waals surface area contributed by atoms with Crippen LogP contribution in [-0.4, -0.2) is 19.0 Å². The summed E-state index contributed by atoms with van der Waals surface area (Å²) >= 11 is 0. The van der Waals surface area contributed by atoms with Crippen LogP contribution in [0.25, 0.3) is 0 Å². The highest BCUT2D eigenvalue weighted by Crippen LogP contribution is 2.75. The normalized spacial score (nSPS) is 53.1. The van der Waals surface area contributed by atoms with E-state index in [1.165, 1.54) is 50.5 Å². The van der Waals surface area contributed by atoms with Crippen LogP contribution in [0.2, 0.25) is 0 Å². The van der Waals surface area contributed by atoms with Gasteiger partial charge in [-0.25, -0.2) is 0 Å². The molecule has 0 aromatic rings. The Morgan fingerprint density at radius 3 is 2.18 bits per heavy atom. The Kier molecular flexibility index (Phi) is 5.26. The number of carbonyl (C=O) groups is 1. The monoisotopic (exact) mass is 454 g/mol. The van der Waals surface area contributed by atoms with Crippen molar-refractivity contribution in [2.75, 3.05) is 7.11 Å². The molecule has 5 rings (SSSR count). The fourth-order valence-electron chi connectivity index (χ4n) is 11.4. The fraction of sp³-hybridized carbons (Fsp3) is 0.903. The third kappa shape index (κ3) is 2.74. The van der Waals surface area contributed by atoms with E-state index in [1.54, 1.807) is 0 Å². The molecule has 0 heterocycles. The summed E-state index contributed by atoms with van der Waals surface area (Å²) in [5, 5.41) is 0. The first-order valence-corrected chi connectivity index (χ1v) is 14.1. The molecule has 0 radical (unpaired) electrons. The van der Waals surface area contributed by atoms with Crippen molar-refractivity contribution < 1.29 is 9.53 Å². The van der Waals surface area contributed by atoms with Gasteiger partial charge in [0, 0.05) is 12.5 Å². The average molecular weight is 455 g/mol. The molecule has 0 unspecified atom stereocenters. The van der Waals surface area contributed by atoms with E-state index in [1.807, 2.05) is 7.11 Å². The molecule has 33 heavy (non-hydrogen) atoms. The van der Waals surface area contributed by atoms with Gasteiger partial charge >= 0.3 is 0 Å². The molecule has 186 valence electrons. The summed E-state index contributed by atoms with van der Waals surface area (Å²) in [6, 6.07) is 0. The lowest BCUT2D eigenvalue weighted by Crippen LogP contribution is -2.64. The summed E-state index contributed by atoms with van der Waals surface area (Å²) < 4.78 is 5.98. The van der Waals surface area contributed by atoms with Crippen molar-refractivity contribution in [2.24, 2.45) is 56.7 Å². The maximum atomic E-state index is 14.4. The van der Waals surface area contributed by atoms with Gasteiger partial charge in [-0.05, 0) is 109 Å². The second kappa shape index (κ2) is 7.21. The van der Waals surface area contributed by atoms with E-state index >= 15 is 0 Å². The Labute approximate surface area is 203 Å². The van der Waals surface area contributed by atoms with E-state index in [0.717, 1.165) is 12.3 Å². The molecule has 5 aliphatic rings. The van der Waals surface area contributed by atoms with E-state index in [-0.39, 0.29) is 21.7 Å². The molecule has 0 aromatic carbocycles. The van der Waals surface area contributed by atoms with Gasteiger partial charge in [0.1, 0.15) is 0 Å². The van der Waals surface area contributed by atoms with Crippen LogP contribution in [0.3, 0.4) is 0 Å². The lowest BCUT2D eigenvalue weighted by atomic mass is 9.35. The second-order valence-corrected chi connectivity index (χ2v) is 14.8. The van der Waals surface area contributed by atoms with Gasteiger partial charge in [-0.1, -0.05) is 61.0 Å². The summed E-state index contributed by atoms with van der Waals surface area (Å²) in [4.78, 5) is 14.4. The van der Waals surface area contributed by atoms with Crippen LogP contribution in [0.1, 0.15) is 107 Å². The molecule has 0 saturated heterocycles. The van der Waals surface area contributed by atoms with E-state index in [0.29, 0.717) is 41.0 Å². The number of hydrogen-bond acceptors (Lipinski definition) is 2. The molecule has 2 heteroatoms. The summed E-state index contributed by atoms with van der Waals surface area (Å²) in [6.07, 6.45) is 12.5. The van der Waals surface area contributed by atoms with E-state index in [9.17, 15) is 4.79 Å². The maximum absolute atomic E-state index is 14.4. The van der Waals surface area contributed by atoms with Crippen molar-refractivity contribution in [3.05, 3.63) is 11.6 Å². The van der Waals surface area contributed by atoms with Crippen LogP contribution in [-0.2, 0) is 9.53 Å². The fourth-order valence-corrected chi connectivity index (χ4v) is 11.4. The Balaban J connectivity index is 1.59. The Bertz CT molecular complexity index is 868. The van der Waals surface area contributed by atoms with Gasteiger partial charge in [0.25, 0.3) is 0 Å². The third-order valence-electron chi connectivity index (χ3n) is 13.3. The van der Waals surface area contributed by atoms with E-state index < -0.39 is 0 Å². The highest BCUT2D eigenvalue weighted by Gasteiger charge is 2.71. The number of rotatable bonds is 2. The van der Waals surface area contributed by atoms with Gasteiger partial charge in [0.15, 0.2) is 5.78 Å². The van der Waals surface area contributed by atoms with Gasteiger partial charge in [-0.3, -0.25) is 4.79 Å². The van der Waals surface area contributed by atoms with Crippen molar-refractivity contribution in [3.63, 3.8) is 0 Å². The predicted octanol–water partition coefficient (Wildman–Crippen LogP) is 7.86. The van der Waals surface area contributed by atoms with Gasteiger partial charge in [0.05, 0.1) is 6.10 Å². The summed E-state index contributed by atoms with van der Waals surface area (Å²) in [7, 11) is 1.89. The van der Waals surface area contributed by atoms with Crippen molar-refractivity contribution in [2.45, 2.75) is 113 Å². The van der Waals surface area contributed by atoms with Crippen LogP contribution in [0.4, 0.5) is 0 Å². The second-order valence-electron chi connectivity index (χ2n) is 14.8. The molecule has 0 N–H and O–H groups in total. The quantitative estimate of drug-likeness (QED) is 0.424. The number of methoxy groups -OCH3 is 1. The zero-order valence-corrected chi connectivity index (χ0v) is 23.0. The topological polar surface area (TPSA) is 26.3 Å². The SMILES string of the molecule is CO[C@H]1CC[C@]2(C)C3=CC(=O)[C@]4(C)[C@H]5CC[C@H](C(C)C)[C@@]5(C)CC[C@]4(C)[C@H]3CC[C@@H]2C1(C)C. The average Bonchev–Trinajstić information content (AvgIpc) is 3.09. The Hall–Kier alpha value is -0.630. The number of carbonyl (C=O) groups excluding carboxylic acids is 1. The zero-order valence-electron chi connectivity index (χ0n) is 23.0. The first-order chi connectivity index (χ1) is 15.3. The molecule has 9 atom stereocenters. The first-order valence-electron chi connectivity index (χ1n) is 14.1. The molecule has 0 bridgehead atoms. The van der Waals surface area contributed by atoms with Crippen LogP contribution in [0, 0.1) is 56.7 Å². The minimum Gasteiger partial charge on any atom is -0.381 e. The molecule has 0 aliphatic heterocycles. The lowest BCUT2D eigenvalue weighted by molar-refractivity contribution is -0.178. The molecule has 5 aliphatic carbocycles. The van der Waals surface area contributed by atoms with Crippen LogP contribution >= 0.6 is 0 Å². The summed E-state index contributed by atoms with van der Waals surface area (Å²) in [5.74, 6) is 3.65. The Morgan fingerprint density at radius 1 is 0.879 bits per heavy atom. The van der Waals surface area contributed by atoms with Crippen LogP contribution < -0.4 is 0 Å².